The van der Waals surface area contributed by atoms with E-state index in [2.05, 4.69) is 26.8 Å². The molecule has 0 aromatic rings. The molecule has 0 heterocycles. The van der Waals surface area contributed by atoms with Gasteiger partial charge in [-0.2, -0.15) is 0 Å². The van der Waals surface area contributed by atoms with Crippen LogP contribution in [0.1, 0.15) is 53.4 Å². The summed E-state index contributed by atoms with van der Waals surface area (Å²) >= 11 is 0. The molecule has 2 fully saturated rings. The maximum absolute atomic E-state index is 11.2. The predicted molar refractivity (Wildman–Crippen MR) is 75.5 cm³/mol. The highest BCUT2D eigenvalue weighted by molar-refractivity contribution is 5.66. The lowest BCUT2D eigenvalue weighted by Crippen LogP contribution is -2.36. The molecular weight excluding hydrogens is 236 g/mol. The van der Waals surface area contributed by atoms with Gasteiger partial charge in [0, 0.05) is 12.3 Å². The van der Waals surface area contributed by atoms with Crippen molar-refractivity contribution >= 4 is 5.97 Å². The number of hydrogen-bond donors (Lipinski definition) is 0. The highest BCUT2D eigenvalue weighted by Crippen LogP contribution is 2.71. The van der Waals surface area contributed by atoms with Gasteiger partial charge < -0.3 is 4.74 Å². The molecule has 3 aliphatic rings. The monoisotopic (exact) mass is 262 g/mol. The number of carbonyl (C=O) groups is 1. The van der Waals surface area contributed by atoms with E-state index in [1.54, 1.807) is 0 Å². The van der Waals surface area contributed by atoms with Crippen LogP contribution in [0.2, 0.25) is 0 Å². The Labute approximate surface area is 116 Å². The van der Waals surface area contributed by atoms with Gasteiger partial charge in [0.25, 0.3) is 0 Å². The molecule has 2 saturated carbocycles. The fourth-order valence-electron chi connectivity index (χ4n) is 5.58. The van der Waals surface area contributed by atoms with E-state index < -0.39 is 0 Å². The third kappa shape index (κ3) is 1.64. The number of ether oxygens (including phenoxy) is 1. The van der Waals surface area contributed by atoms with Crippen molar-refractivity contribution in [1.82, 2.24) is 0 Å². The zero-order chi connectivity index (χ0) is 13.8. The Balaban J connectivity index is 1.96. The van der Waals surface area contributed by atoms with Crippen LogP contribution in [0.25, 0.3) is 0 Å². The van der Waals surface area contributed by atoms with Crippen molar-refractivity contribution in [2.75, 3.05) is 6.61 Å². The molecule has 5 atom stereocenters. The topological polar surface area (TPSA) is 26.3 Å². The van der Waals surface area contributed by atoms with Crippen LogP contribution in [-0.4, -0.2) is 12.6 Å². The Morgan fingerprint density at radius 3 is 2.89 bits per heavy atom. The van der Waals surface area contributed by atoms with Crippen LogP contribution in [0, 0.1) is 28.6 Å². The summed E-state index contributed by atoms with van der Waals surface area (Å²) in [5.74, 6) is 2.04. The minimum Gasteiger partial charge on any atom is -0.465 e. The van der Waals surface area contributed by atoms with Crippen LogP contribution < -0.4 is 0 Å². The van der Waals surface area contributed by atoms with E-state index in [1.807, 2.05) is 0 Å². The first kappa shape index (κ1) is 13.2. The molecule has 2 heteroatoms. The van der Waals surface area contributed by atoms with Crippen LogP contribution in [0.5, 0.6) is 0 Å². The summed E-state index contributed by atoms with van der Waals surface area (Å²) in [4.78, 5) is 11.2. The first-order valence-electron chi connectivity index (χ1n) is 7.70. The van der Waals surface area contributed by atoms with E-state index in [4.69, 9.17) is 4.74 Å². The van der Waals surface area contributed by atoms with Gasteiger partial charge in [0.05, 0.1) is 6.61 Å². The van der Waals surface area contributed by atoms with E-state index in [9.17, 15) is 4.79 Å². The van der Waals surface area contributed by atoms with Gasteiger partial charge in [-0.25, -0.2) is 0 Å². The molecule has 0 aromatic heterocycles. The maximum atomic E-state index is 11.2. The second kappa shape index (κ2) is 4.10. The van der Waals surface area contributed by atoms with Crippen molar-refractivity contribution in [1.29, 1.82) is 0 Å². The van der Waals surface area contributed by atoms with Gasteiger partial charge in [-0.15, -0.1) is 0 Å². The van der Waals surface area contributed by atoms with Crippen LogP contribution in [0.4, 0.5) is 0 Å². The van der Waals surface area contributed by atoms with Crippen molar-refractivity contribution in [3.63, 3.8) is 0 Å². The molecule has 0 aliphatic heterocycles. The third-order valence-electron chi connectivity index (χ3n) is 6.68. The van der Waals surface area contributed by atoms with Gasteiger partial charge >= 0.3 is 5.97 Å². The van der Waals surface area contributed by atoms with Gasteiger partial charge in [0.1, 0.15) is 0 Å². The van der Waals surface area contributed by atoms with Crippen molar-refractivity contribution in [3.8, 4) is 0 Å². The van der Waals surface area contributed by atoms with Crippen molar-refractivity contribution in [3.05, 3.63) is 11.6 Å². The zero-order valence-electron chi connectivity index (χ0n) is 12.7. The van der Waals surface area contributed by atoms with E-state index in [0.717, 1.165) is 11.8 Å². The van der Waals surface area contributed by atoms with Crippen LogP contribution in [0.15, 0.2) is 11.6 Å². The minimum atomic E-state index is -0.135. The van der Waals surface area contributed by atoms with E-state index >= 15 is 0 Å². The second-order valence-electron chi connectivity index (χ2n) is 7.46. The summed E-state index contributed by atoms with van der Waals surface area (Å²) in [5, 5.41) is 0. The molecule has 0 radical (unpaired) electrons. The first-order valence-corrected chi connectivity index (χ1v) is 7.70. The lowest BCUT2D eigenvalue weighted by molar-refractivity contribution is -0.146. The summed E-state index contributed by atoms with van der Waals surface area (Å²) in [6.07, 6.45) is 7.70. The first-order chi connectivity index (χ1) is 8.90. The average molecular weight is 262 g/mol. The van der Waals surface area contributed by atoms with E-state index in [-0.39, 0.29) is 11.4 Å². The molecule has 1 spiro atoms. The number of esters is 1. The van der Waals surface area contributed by atoms with E-state index in [1.165, 1.54) is 38.2 Å². The molecule has 3 aliphatic carbocycles. The van der Waals surface area contributed by atoms with Crippen molar-refractivity contribution in [2.45, 2.75) is 53.4 Å². The Kier molecular flexibility index (Phi) is 2.85. The second-order valence-corrected chi connectivity index (χ2v) is 7.46. The average Bonchev–Trinajstić information content (AvgIpc) is 2.77. The molecule has 0 unspecified atom stereocenters. The Morgan fingerprint density at radius 1 is 1.47 bits per heavy atom. The predicted octanol–water partition coefficient (Wildman–Crippen LogP) is 3.96. The van der Waals surface area contributed by atoms with Gasteiger partial charge in [-0.1, -0.05) is 25.5 Å². The van der Waals surface area contributed by atoms with Crippen LogP contribution in [-0.2, 0) is 9.53 Å². The fraction of sp³-hybridized carbons (Fsp3) is 0.824. The number of hydrogen-bond acceptors (Lipinski definition) is 2. The highest BCUT2D eigenvalue weighted by atomic mass is 16.5. The van der Waals surface area contributed by atoms with Gasteiger partial charge in [-0.05, 0) is 55.8 Å². The van der Waals surface area contributed by atoms with Gasteiger partial charge in [0.15, 0.2) is 0 Å². The summed E-state index contributed by atoms with van der Waals surface area (Å²) < 4.78 is 5.46. The largest absolute Gasteiger partial charge is 0.465 e. The highest BCUT2D eigenvalue weighted by Gasteiger charge is 2.65. The maximum Gasteiger partial charge on any atom is 0.302 e. The molecule has 106 valence electrons. The third-order valence-corrected chi connectivity index (χ3v) is 6.68. The zero-order valence-corrected chi connectivity index (χ0v) is 12.7. The number of allylic oxidation sites excluding steroid dienone is 2. The SMILES string of the molecule is CC(=O)OC[C@]1(C)[C@H]2C[C@@]3(CC=C2C)[C@H](C)CC[C@@H]13. The molecular formula is C17H26O2. The van der Waals surface area contributed by atoms with E-state index in [0.29, 0.717) is 17.9 Å². The molecule has 19 heavy (non-hydrogen) atoms. The molecule has 2 nitrogen and oxygen atoms in total. The Hall–Kier alpha value is -0.790. The summed E-state index contributed by atoms with van der Waals surface area (Å²) in [6.45, 7) is 9.21. The quantitative estimate of drug-likeness (QED) is 0.556. The standard InChI is InChI=1S/C17H26O2/c1-11-7-8-17-9-14(11)16(4,10-19-13(3)18)15(17)6-5-12(17)2/h7,12,14-15H,5-6,8-10H2,1-4H3/t12-,14+,15+,16-,17+/m1/s1. The van der Waals surface area contributed by atoms with Crippen LogP contribution in [0.3, 0.4) is 0 Å². The number of rotatable bonds is 2. The molecule has 0 saturated heterocycles. The number of fused-ring (bicyclic) bond motifs is 1. The summed E-state index contributed by atoms with van der Waals surface area (Å²) in [6, 6.07) is 0. The summed E-state index contributed by atoms with van der Waals surface area (Å²) in [7, 11) is 0. The normalized spacial score (nSPS) is 47.8. The molecule has 3 rings (SSSR count). The van der Waals surface area contributed by atoms with Crippen LogP contribution >= 0.6 is 0 Å². The molecule has 0 aromatic carbocycles. The molecule has 0 amide bonds. The lowest BCUT2D eigenvalue weighted by atomic mass is 9.68. The smallest absolute Gasteiger partial charge is 0.302 e. The molecule has 2 bridgehead atoms. The lowest BCUT2D eigenvalue weighted by Gasteiger charge is -2.38. The fourth-order valence-corrected chi connectivity index (χ4v) is 5.58. The number of carbonyl (C=O) groups excluding carboxylic acids is 1. The Bertz CT molecular complexity index is 439. The minimum absolute atomic E-state index is 0.135. The van der Waals surface area contributed by atoms with Gasteiger partial charge in [-0.3, -0.25) is 4.79 Å². The van der Waals surface area contributed by atoms with Crippen molar-refractivity contribution < 1.29 is 9.53 Å². The summed E-state index contributed by atoms with van der Waals surface area (Å²) in [5.41, 5.74) is 2.19. The van der Waals surface area contributed by atoms with Gasteiger partial charge in [0.2, 0.25) is 0 Å². The Morgan fingerprint density at radius 2 is 2.21 bits per heavy atom. The van der Waals surface area contributed by atoms with Crippen molar-refractivity contribution in [2.24, 2.45) is 28.6 Å². The molecule has 0 N–H and O–H groups in total.